The topological polar surface area (TPSA) is 105 Å². The fourth-order valence-corrected chi connectivity index (χ4v) is 4.33. The Hall–Kier alpha value is -3.79. The number of carboxylic acids is 1. The standard InChI is InChI=1S/C28H32N2O5/c1-4-9-24(26(33)29-17-16-28(2,3)15-14-25(31)32)30-27(34)35-18-23-21-12-7-5-10-19(21)20-11-6-8-13-22(20)23/h1,5-8,10-13,23-24H,9,14-18H2,2-3H3,(H,29,33)(H,30,34)(H,31,32). The molecule has 0 bridgehead atoms. The van der Waals surface area contributed by atoms with E-state index in [9.17, 15) is 14.4 Å². The van der Waals surface area contributed by atoms with Gasteiger partial charge in [-0.2, -0.15) is 0 Å². The summed E-state index contributed by atoms with van der Waals surface area (Å²) >= 11 is 0. The Kier molecular flexibility index (Phi) is 8.53. The van der Waals surface area contributed by atoms with E-state index in [2.05, 4.69) is 28.7 Å². The van der Waals surface area contributed by atoms with Crippen molar-refractivity contribution in [3.63, 3.8) is 0 Å². The van der Waals surface area contributed by atoms with Gasteiger partial charge in [-0.25, -0.2) is 4.79 Å². The Labute approximate surface area is 206 Å². The first kappa shape index (κ1) is 25.8. The van der Waals surface area contributed by atoms with E-state index in [1.54, 1.807) is 0 Å². The van der Waals surface area contributed by atoms with Crippen LogP contribution >= 0.6 is 0 Å². The quantitative estimate of drug-likeness (QED) is 0.419. The number of amides is 2. The maximum absolute atomic E-state index is 12.6. The summed E-state index contributed by atoms with van der Waals surface area (Å²) in [6.07, 6.45) is 5.91. The molecule has 1 aliphatic carbocycles. The highest BCUT2D eigenvalue weighted by molar-refractivity contribution is 5.86. The van der Waals surface area contributed by atoms with Gasteiger partial charge in [0.15, 0.2) is 0 Å². The summed E-state index contributed by atoms with van der Waals surface area (Å²) in [5, 5.41) is 14.2. The number of carbonyl (C=O) groups excluding carboxylic acids is 2. The van der Waals surface area contributed by atoms with Crippen LogP contribution in [0.2, 0.25) is 0 Å². The molecule has 3 rings (SSSR count). The largest absolute Gasteiger partial charge is 0.481 e. The molecule has 2 aromatic carbocycles. The molecule has 0 radical (unpaired) electrons. The van der Waals surface area contributed by atoms with Crippen molar-refractivity contribution in [2.75, 3.05) is 13.2 Å². The SMILES string of the molecule is C#CCC(NC(=O)OCC1c2ccccc2-c2ccccc21)C(=O)NCCC(C)(C)CCC(=O)O. The highest BCUT2D eigenvalue weighted by Crippen LogP contribution is 2.44. The number of alkyl carbamates (subject to hydrolysis) is 1. The molecule has 184 valence electrons. The number of aliphatic carboxylic acids is 1. The van der Waals surface area contributed by atoms with Gasteiger partial charge in [0.05, 0.1) is 0 Å². The second-order valence-corrected chi connectivity index (χ2v) is 9.53. The first-order valence-corrected chi connectivity index (χ1v) is 11.8. The maximum atomic E-state index is 12.6. The van der Waals surface area contributed by atoms with Crippen LogP contribution in [0.5, 0.6) is 0 Å². The van der Waals surface area contributed by atoms with Crippen molar-refractivity contribution in [2.45, 2.75) is 51.5 Å². The van der Waals surface area contributed by atoms with Gasteiger partial charge in [-0.05, 0) is 40.5 Å². The number of benzene rings is 2. The van der Waals surface area contributed by atoms with Gasteiger partial charge >= 0.3 is 12.1 Å². The van der Waals surface area contributed by atoms with Gasteiger partial charge in [-0.3, -0.25) is 9.59 Å². The number of fused-ring (bicyclic) bond motifs is 3. The lowest BCUT2D eigenvalue weighted by atomic mass is 9.84. The zero-order valence-corrected chi connectivity index (χ0v) is 20.2. The fraction of sp³-hybridized carbons (Fsp3) is 0.393. The van der Waals surface area contributed by atoms with Gasteiger partial charge in [0.25, 0.3) is 0 Å². The summed E-state index contributed by atoms with van der Waals surface area (Å²) in [7, 11) is 0. The molecule has 2 aromatic rings. The van der Waals surface area contributed by atoms with Crippen LogP contribution in [0.3, 0.4) is 0 Å². The second kappa shape index (κ2) is 11.6. The number of carboxylic acid groups (broad SMARTS) is 1. The van der Waals surface area contributed by atoms with E-state index in [0.717, 1.165) is 22.3 Å². The van der Waals surface area contributed by atoms with Gasteiger partial charge in [0.2, 0.25) is 5.91 Å². The van der Waals surface area contributed by atoms with E-state index < -0.39 is 24.0 Å². The lowest BCUT2D eigenvalue weighted by Gasteiger charge is -2.24. The third-order valence-corrected chi connectivity index (χ3v) is 6.39. The Morgan fingerprint density at radius 1 is 1.06 bits per heavy atom. The summed E-state index contributed by atoms with van der Waals surface area (Å²) in [6, 6.07) is 15.2. The minimum absolute atomic E-state index is 0.0262. The van der Waals surface area contributed by atoms with Crippen molar-refractivity contribution in [1.82, 2.24) is 10.6 Å². The average molecular weight is 477 g/mol. The lowest BCUT2D eigenvalue weighted by Crippen LogP contribution is -2.47. The monoisotopic (exact) mass is 476 g/mol. The average Bonchev–Trinajstić information content (AvgIpc) is 3.15. The van der Waals surface area contributed by atoms with E-state index in [1.807, 2.05) is 50.2 Å². The number of hydrogen-bond donors (Lipinski definition) is 3. The Bertz CT molecular complexity index is 1070. The number of terminal acetylenes is 1. The number of rotatable bonds is 11. The molecule has 0 heterocycles. The lowest BCUT2D eigenvalue weighted by molar-refractivity contribution is -0.137. The van der Waals surface area contributed by atoms with Crippen LogP contribution in [0.4, 0.5) is 4.79 Å². The van der Waals surface area contributed by atoms with Crippen LogP contribution in [-0.2, 0) is 14.3 Å². The van der Waals surface area contributed by atoms with Crippen LogP contribution in [0.15, 0.2) is 48.5 Å². The van der Waals surface area contributed by atoms with Gasteiger partial charge in [-0.1, -0.05) is 62.4 Å². The molecular weight excluding hydrogens is 444 g/mol. The van der Waals surface area contributed by atoms with Crippen molar-refractivity contribution >= 4 is 18.0 Å². The molecule has 2 amide bonds. The Balaban J connectivity index is 1.53. The summed E-state index contributed by atoms with van der Waals surface area (Å²) in [5.74, 6) is 1.10. The molecule has 3 N–H and O–H groups in total. The molecule has 0 spiro atoms. The second-order valence-electron chi connectivity index (χ2n) is 9.53. The third kappa shape index (κ3) is 6.86. The van der Waals surface area contributed by atoms with Crippen molar-refractivity contribution in [3.05, 3.63) is 59.7 Å². The molecular formula is C28H32N2O5. The first-order chi connectivity index (χ1) is 16.7. The predicted molar refractivity (Wildman–Crippen MR) is 134 cm³/mol. The number of carbonyl (C=O) groups is 3. The predicted octanol–water partition coefficient (Wildman–Crippen LogP) is 4.31. The van der Waals surface area contributed by atoms with Gasteiger partial charge in [0.1, 0.15) is 12.6 Å². The molecule has 0 saturated carbocycles. The molecule has 7 heteroatoms. The van der Waals surface area contributed by atoms with Crippen molar-refractivity contribution < 1.29 is 24.2 Å². The van der Waals surface area contributed by atoms with E-state index in [0.29, 0.717) is 19.4 Å². The van der Waals surface area contributed by atoms with Crippen LogP contribution in [0.1, 0.15) is 56.6 Å². The first-order valence-electron chi connectivity index (χ1n) is 11.8. The molecule has 0 fully saturated rings. The summed E-state index contributed by atoms with van der Waals surface area (Å²) < 4.78 is 5.53. The minimum atomic E-state index is -0.919. The molecule has 1 unspecified atom stereocenters. The Morgan fingerprint density at radius 3 is 2.23 bits per heavy atom. The molecule has 0 saturated heterocycles. The zero-order chi connectivity index (χ0) is 25.4. The van der Waals surface area contributed by atoms with Crippen LogP contribution in [0.25, 0.3) is 11.1 Å². The van der Waals surface area contributed by atoms with Crippen molar-refractivity contribution in [2.24, 2.45) is 5.41 Å². The van der Waals surface area contributed by atoms with Gasteiger partial charge in [0, 0.05) is 25.3 Å². The van der Waals surface area contributed by atoms with E-state index >= 15 is 0 Å². The normalized spacial score (nSPS) is 13.2. The number of ether oxygens (including phenoxy) is 1. The molecule has 1 atom stereocenters. The molecule has 1 aliphatic rings. The smallest absolute Gasteiger partial charge is 0.407 e. The minimum Gasteiger partial charge on any atom is -0.481 e. The number of hydrogen-bond acceptors (Lipinski definition) is 4. The highest BCUT2D eigenvalue weighted by Gasteiger charge is 2.30. The molecule has 0 aliphatic heterocycles. The van der Waals surface area contributed by atoms with Gasteiger partial charge in [-0.15, -0.1) is 12.3 Å². The summed E-state index contributed by atoms with van der Waals surface area (Å²) in [5.41, 5.74) is 4.23. The zero-order valence-electron chi connectivity index (χ0n) is 20.2. The molecule has 7 nitrogen and oxygen atoms in total. The van der Waals surface area contributed by atoms with E-state index in [4.69, 9.17) is 16.3 Å². The van der Waals surface area contributed by atoms with E-state index in [1.165, 1.54) is 0 Å². The number of nitrogens with one attached hydrogen (secondary N) is 2. The van der Waals surface area contributed by atoms with Crippen molar-refractivity contribution in [1.29, 1.82) is 0 Å². The molecule has 35 heavy (non-hydrogen) atoms. The third-order valence-electron chi connectivity index (χ3n) is 6.39. The Morgan fingerprint density at radius 2 is 1.66 bits per heavy atom. The van der Waals surface area contributed by atoms with Crippen LogP contribution in [-0.4, -0.2) is 42.3 Å². The van der Waals surface area contributed by atoms with Crippen molar-refractivity contribution in [3.8, 4) is 23.5 Å². The maximum Gasteiger partial charge on any atom is 0.407 e. The van der Waals surface area contributed by atoms with Gasteiger partial charge < -0.3 is 20.5 Å². The van der Waals surface area contributed by atoms with Crippen LogP contribution < -0.4 is 10.6 Å². The van der Waals surface area contributed by atoms with E-state index in [-0.39, 0.29) is 30.8 Å². The fourth-order valence-electron chi connectivity index (χ4n) is 4.33. The molecule has 0 aromatic heterocycles. The van der Waals surface area contributed by atoms with Crippen LogP contribution in [0, 0.1) is 17.8 Å². The summed E-state index contributed by atoms with van der Waals surface area (Å²) in [6.45, 7) is 4.40. The highest BCUT2D eigenvalue weighted by atomic mass is 16.5. The summed E-state index contributed by atoms with van der Waals surface area (Å²) in [4.78, 5) is 36.0.